The monoisotopic (exact) mass is 486 g/mol. The molecule has 1 atom stereocenters. The minimum atomic E-state index is -4.15. The molecule has 1 fully saturated rings. The maximum atomic E-state index is 14.1. The fourth-order valence-corrected chi connectivity index (χ4v) is 4.73. The molecule has 9 heteroatoms. The Morgan fingerprint density at radius 2 is 1.43 bits per heavy atom. The Morgan fingerprint density at radius 1 is 0.800 bits per heavy atom. The number of hydrogen-bond donors (Lipinski definition) is 0. The van der Waals surface area contributed by atoms with Crippen molar-refractivity contribution in [3.05, 3.63) is 77.6 Å². The van der Waals surface area contributed by atoms with Crippen molar-refractivity contribution < 1.29 is 22.0 Å². The second kappa shape index (κ2) is 9.36. The summed E-state index contributed by atoms with van der Waals surface area (Å²) < 4.78 is 66.8. The van der Waals surface area contributed by atoms with Gasteiger partial charge in [0, 0.05) is 36.8 Å². The molecule has 1 saturated heterocycles. The number of hydrogen-bond acceptors (Lipinski definition) is 4. The summed E-state index contributed by atoms with van der Waals surface area (Å²) in [5.74, 6) is -2.04. The SMILES string of the molecule is Fc1cccc(F)c1C1=NC(c2ccc(-c3cnc(N4CCC(C(F)(F)F)CC4)nc3)cc2)CC1. The number of aromatic nitrogens is 2. The lowest BCUT2D eigenvalue weighted by Crippen LogP contribution is -2.39. The van der Waals surface area contributed by atoms with E-state index in [2.05, 4.69) is 15.0 Å². The highest BCUT2D eigenvalue weighted by Crippen LogP contribution is 2.35. The number of alkyl halides is 3. The molecule has 5 rings (SSSR count). The molecule has 0 saturated carbocycles. The maximum Gasteiger partial charge on any atom is 0.391 e. The summed E-state index contributed by atoms with van der Waals surface area (Å²) in [7, 11) is 0. The molecular weight excluding hydrogens is 463 g/mol. The van der Waals surface area contributed by atoms with Crippen LogP contribution in [0, 0.1) is 17.6 Å². The second-order valence-electron chi connectivity index (χ2n) is 8.92. The van der Waals surface area contributed by atoms with Crippen molar-refractivity contribution in [2.45, 2.75) is 37.9 Å². The highest BCUT2D eigenvalue weighted by atomic mass is 19.4. The van der Waals surface area contributed by atoms with E-state index in [0.717, 1.165) is 16.7 Å². The van der Waals surface area contributed by atoms with Crippen LogP contribution in [0.5, 0.6) is 0 Å². The van der Waals surface area contributed by atoms with Gasteiger partial charge in [-0.3, -0.25) is 4.99 Å². The van der Waals surface area contributed by atoms with Crippen LogP contribution in [0.15, 0.2) is 59.9 Å². The van der Waals surface area contributed by atoms with Gasteiger partial charge in [-0.1, -0.05) is 30.3 Å². The van der Waals surface area contributed by atoms with Gasteiger partial charge in [-0.25, -0.2) is 18.7 Å². The molecule has 0 N–H and O–H groups in total. The summed E-state index contributed by atoms with van der Waals surface area (Å²) >= 11 is 0. The molecule has 2 aromatic carbocycles. The number of anilines is 1. The predicted octanol–water partition coefficient (Wildman–Crippen LogP) is 6.52. The lowest BCUT2D eigenvalue weighted by molar-refractivity contribution is -0.179. The Balaban J connectivity index is 1.25. The van der Waals surface area contributed by atoms with Crippen molar-refractivity contribution in [1.82, 2.24) is 9.97 Å². The smallest absolute Gasteiger partial charge is 0.341 e. The van der Waals surface area contributed by atoms with Gasteiger partial charge in [-0.2, -0.15) is 13.2 Å². The third-order valence-electron chi connectivity index (χ3n) is 6.73. The van der Waals surface area contributed by atoms with Crippen LogP contribution in [0.3, 0.4) is 0 Å². The Bertz CT molecular complexity index is 1190. The first-order chi connectivity index (χ1) is 16.8. The zero-order valence-electron chi connectivity index (χ0n) is 18.8. The Morgan fingerprint density at radius 3 is 2.03 bits per heavy atom. The van der Waals surface area contributed by atoms with Crippen molar-refractivity contribution in [1.29, 1.82) is 0 Å². The second-order valence-corrected chi connectivity index (χ2v) is 8.92. The molecule has 3 heterocycles. The fraction of sp³-hybridized carbons (Fsp3) is 0.346. The molecule has 4 nitrogen and oxygen atoms in total. The third kappa shape index (κ3) is 4.90. The van der Waals surface area contributed by atoms with E-state index in [-0.39, 0.29) is 37.5 Å². The van der Waals surface area contributed by atoms with Gasteiger partial charge in [-0.05, 0) is 48.9 Å². The minimum Gasteiger partial charge on any atom is -0.341 e. The van der Waals surface area contributed by atoms with Crippen LogP contribution in [-0.2, 0) is 0 Å². The van der Waals surface area contributed by atoms with Crippen LogP contribution in [0.25, 0.3) is 11.1 Å². The largest absolute Gasteiger partial charge is 0.391 e. The molecular formula is C26H23F5N4. The van der Waals surface area contributed by atoms with Crippen molar-refractivity contribution in [3.8, 4) is 11.1 Å². The van der Waals surface area contributed by atoms with E-state index in [1.165, 1.54) is 18.2 Å². The first-order valence-corrected chi connectivity index (χ1v) is 11.5. The summed E-state index contributed by atoms with van der Waals surface area (Å²) in [6.07, 6.45) is 0.448. The lowest BCUT2D eigenvalue weighted by atomic mass is 9.96. The van der Waals surface area contributed by atoms with E-state index in [1.54, 1.807) is 17.3 Å². The van der Waals surface area contributed by atoms with Crippen LogP contribution in [0.4, 0.5) is 27.9 Å². The van der Waals surface area contributed by atoms with Crippen LogP contribution in [-0.4, -0.2) is 34.9 Å². The van der Waals surface area contributed by atoms with Gasteiger partial charge in [0.15, 0.2) is 0 Å². The molecule has 0 amide bonds. The topological polar surface area (TPSA) is 41.4 Å². The number of rotatable bonds is 4. The standard InChI is InChI=1S/C26H23F5N4/c27-20-2-1-3-21(28)24(20)23-9-8-22(34-23)17-6-4-16(5-7-17)18-14-32-25(33-15-18)35-12-10-19(11-13-35)26(29,30)31/h1-7,14-15,19,22H,8-13H2. The van der Waals surface area contributed by atoms with Crippen LogP contribution in [0.2, 0.25) is 0 Å². The normalized spacial score (nSPS) is 19.2. The van der Waals surface area contributed by atoms with Crippen LogP contribution < -0.4 is 4.90 Å². The third-order valence-corrected chi connectivity index (χ3v) is 6.73. The summed E-state index contributed by atoms with van der Waals surface area (Å²) in [5, 5.41) is 0. The number of piperidine rings is 1. The predicted molar refractivity (Wildman–Crippen MR) is 123 cm³/mol. The molecule has 0 aliphatic carbocycles. The number of halogens is 5. The van der Waals surface area contributed by atoms with Crippen molar-refractivity contribution in [2.75, 3.05) is 18.0 Å². The van der Waals surface area contributed by atoms with Gasteiger partial charge >= 0.3 is 6.18 Å². The van der Waals surface area contributed by atoms with Crippen molar-refractivity contribution in [3.63, 3.8) is 0 Å². The first-order valence-electron chi connectivity index (χ1n) is 11.5. The Hall–Kier alpha value is -3.36. The fourth-order valence-electron chi connectivity index (χ4n) is 4.73. The molecule has 182 valence electrons. The van der Waals surface area contributed by atoms with Gasteiger partial charge in [0.25, 0.3) is 0 Å². The summed E-state index contributed by atoms with van der Waals surface area (Å²) in [6, 6.07) is 11.3. The number of aliphatic imine (C=N–C) groups is 1. The van der Waals surface area contributed by atoms with Crippen LogP contribution >= 0.6 is 0 Å². The average molecular weight is 486 g/mol. The van der Waals surface area contributed by atoms with Crippen molar-refractivity contribution in [2.24, 2.45) is 10.9 Å². The Kier molecular flexibility index (Phi) is 6.25. The van der Waals surface area contributed by atoms with Gasteiger partial charge in [-0.15, -0.1) is 0 Å². The van der Waals surface area contributed by atoms with E-state index < -0.39 is 23.7 Å². The summed E-state index contributed by atoms with van der Waals surface area (Å²) in [4.78, 5) is 15.1. The minimum absolute atomic E-state index is 0.0466. The van der Waals surface area contributed by atoms with Gasteiger partial charge < -0.3 is 4.90 Å². The first kappa shape index (κ1) is 23.4. The summed E-state index contributed by atoms with van der Waals surface area (Å²) in [5.41, 5.74) is 3.02. The maximum absolute atomic E-state index is 14.1. The number of benzene rings is 2. The molecule has 3 aromatic rings. The zero-order chi connectivity index (χ0) is 24.6. The molecule has 0 bridgehead atoms. The quantitative estimate of drug-likeness (QED) is 0.394. The molecule has 1 unspecified atom stereocenters. The van der Waals surface area contributed by atoms with E-state index in [0.29, 0.717) is 24.5 Å². The summed E-state index contributed by atoms with van der Waals surface area (Å²) in [6.45, 7) is 0.553. The zero-order valence-corrected chi connectivity index (χ0v) is 18.8. The highest BCUT2D eigenvalue weighted by Gasteiger charge is 2.41. The van der Waals surface area contributed by atoms with Gasteiger partial charge in [0.2, 0.25) is 5.95 Å². The van der Waals surface area contributed by atoms with E-state index >= 15 is 0 Å². The molecule has 0 radical (unpaired) electrons. The van der Waals surface area contributed by atoms with E-state index in [1.807, 2.05) is 24.3 Å². The molecule has 2 aliphatic rings. The van der Waals surface area contributed by atoms with Gasteiger partial charge in [0.05, 0.1) is 17.5 Å². The molecule has 35 heavy (non-hydrogen) atoms. The van der Waals surface area contributed by atoms with Gasteiger partial charge in [0.1, 0.15) is 11.6 Å². The van der Waals surface area contributed by atoms with E-state index in [9.17, 15) is 22.0 Å². The average Bonchev–Trinajstić information content (AvgIpc) is 3.33. The highest BCUT2D eigenvalue weighted by molar-refractivity contribution is 6.02. The molecule has 0 spiro atoms. The molecule has 2 aliphatic heterocycles. The number of nitrogens with zero attached hydrogens (tertiary/aromatic N) is 4. The van der Waals surface area contributed by atoms with E-state index in [4.69, 9.17) is 0 Å². The lowest BCUT2D eigenvalue weighted by Gasteiger charge is -2.32. The Labute approximate surface area is 199 Å². The van der Waals surface area contributed by atoms with Crippen molar-refractivity contribution >= 4 is 11.7 Å². The molecule has 1 aromatic heterocycles. The van der Waals surface area contributed by atoms with Crippen LogP contribution in [0.1, 0.15) is 42.9 Å².